The maximum Gasteiger partial charge on any atom is 0.294 e. The van der Waals surface area contributed by atoms with Gasteiger partial charge in [-0.3, -0.25) is 14.9 Å². The molecule has 0 aliphatic heterocycles. The Kier molecular flexibility index (Phi) is 3.65. The van der Waals surface area contributed by atoms with Crippen LogP contribution in [0.2, 0.25) is 0 Å². The first-order valence-electron chi connectivity index (χ1n) is 5.64. The minimum absolute atomic E-state index is 0.0230. The molecule has 2 aromatic rings. The third-order valence-electron chi connectivity index (χ3n) is 2.67. The zero-order valence-electron chi connectivity index (χ0n) is 10.9. The van der Waals surface area contributed by atoms with Crippen molar-refractivity contribution in [1.29, 1.82) is 0 Å². The highest BCUT2D eigenvalue weighted by Gasteiger charge is 2.11. The molecular weight excluding hydrogens is 264 g/mol. The Bertz CT molecular complexity index is 694. The molecule has 1 aromatic carbocycles. The van der Waals surface area contributed by atoms with Crippen molar-refractivity contribution in [3.63, 3.8) is 0 Å². The van der Waals surface area contributed by atoms with E-state index in [9.17, 15) is 14.9 Å². The number of anilines is 2. The summed E-state index contributed by atoms with van der Waals surface area (Å²) in [6.45, 7) is 0. The quantitative estimate of drug-likeness (QED) is 0.670. The van der Waals surface area contributed by atoms with E-state index in [-0.39, 0.29) is 16.9 Å². The Balaban J connectivity index is 2.37. The molecule has 0 aliphatic carbocycles. The third-order valence-corrected chi connectivity index (χ3v) is 2.67. The van der Waals surface area contributed by atoms with E-state index >= 15 is 0 Å². The number of ether oxygens (including phenoxy) is 1. The lowest BCUT2D eigenvalue weighted by molar-refractivity contribution is -0.384. The number of hydrogen-bond donors (Lipinski definition) is 1. The second kappa shape index (κ2) is 5.39. The number of methoxy groups -OCH3 is 1. The van der Waals surface area contributed by atoms with Crippen molar-refractivity contribution in [2.75, 3.05) is 12.4 Å². The molecule has 20 heavy (non-hydrogen) atoms. The van der Waals surface area contributed by atoms with Crippen LogP contribution in [0, 0.1) is 10.1 Å². The average Bonchev–Trinajstić information content (AvgIpc) is 2.45. The fourth-order valence-electron chi connectivity index (χ4n) is 1.60. The molecule has 0 saturated carbocycles. The van der Waals surface area contributed by atoms with Crippen molar-refractivity contribution in [3.05, 3.63) is 50.9 Å². The molecule has 1 N–H and O–H groups in total. The number of nitro benzene ring substituents is 1. The second-order valence-corrected chi connectivity index (χ2v) is 3.95. The first-order chi connectivity index (χ1) is 9.52. The van der Waals surface area contributed by atoms with Crippen LogP contribution < -0.4 is 15.6 Å². The van der Waals surface area contributed by atoms with Gasteiger partial charge in [-0.25, -0.2) is 4.68 Å². The van der Waals surface area contributed by atoms with E-state index in [1.807, 2.05) is 0 Å². The van der Waals surface area contributed by atoms with E-state index in [1.165, 1.54) is 44.6 Å². The number of hydrogen-bond acceptors (Lipinski definition) is 6. The monoisotopic (exact) mass is 276 g/mol. The Morgan fingerprint density at radius 3 is 2.55 bits per heavy atom. The number of aryl methyl sites for hydroxylation is 1. The number of nitrogens with zero attached hydrogens (tertiary/aromatic N) is 3. The van der Waals surface area contributed by atoms with Crippen molar-refractivity contribution in [2.45, 2.75) is 0 Å². The molecule has 0 spiro atoms. The lowest BCUT2D eigenvalue weighted by atomic mass is 10.2. The fraction of sp³-hybridized carbons (Fsp3) is 0.167. The predicted molar refractivity (Wildman–Crippen MR) is 72.4 cm³/mol. The zero-order chi connectivity index (χ0) is 14.7. The third kappa shape index (κ3) is 2.58. The van der Waals surface area contributed by atoms with E-state index in [4.69, 9.17) is 4.74 Å². The first kappa shape index (κ1) is 13.5. The van der Waals surface area contributed by atoms with Crippen molar-refractivity contribution < 1.29 is 9.66 Å². The van der Waals surface area contributed by atoms with Crippen LogP contribution in [0.15, 0.2) is 35.3 Å². The summed E-state index contributed by atoms with van der Waals surface area (Å²) in [7, 11) is 2.94. The minimum atomic E-state index is -0.490. The Labute approximate surface area is 113 Å². The van der Waals surface area contributed by atoms with Crippen LogP contribution in [0.4, 0.5) is 17.1 Å². The molecule has 0 aliphatic rings. The molecule has 104 valence electrons. The van der Waals surface area contributed by atoms with Gasteiger partial charge in [-0.05, 0) is 12.1 Å². The standard InChI is InChI=1S/C12H12N4O4/c1-15-12(17)11(10(20-2)7-13-15)14-8-3-5-9(6-4-8)16(18)19/h3-7,14H,1-2H3. The van der Waals surface area contributed by atoms with Crippen LogP contribution in [0.5, 0.6) is 5.75 Å². The SMILES string of the molecule is COc1cnn(C)c(=O)c1Nc1ccc([N+](=O)[O-])cc1. The van der Waals surface area contributed by atoms with Gasteiger partial charge in [0.25, 0.3) is 11.2 Å². The summed E-state index contributed by atoms with van der Waals surface area (Å²) in [5.74, 6) is 0.298. The summed E-state index contributed by atoms with van der Waals surface area (Å²) in [5.41, 5.74) is 0.379. The first-order valence-corrected chi connectivity index (χ1v) is 5.64. The van der Waals surface area contributed by atoms with Gasteiger partial charge < -0.3 is 10.1 Å². The van der Waals surface area contributed by atoms with Crippen LogP contribution in [-0.2, 0) is 7.05 Å². The summed E-state index contributed by atoms with van der Waals surface area (Å²) >= 11 is 0. The highest BCUT2D eigenvalue weighted by atomic mass is 16.6. The molecule has 1 heterocycles. The van der Waals surface area contributed by atoms with Gasteiger partial charge in [0.1, 0.15) is 0 Å². The summed E-state index contributed by atoms with van der Waals surface area (Å²) in [5, 5.41) is 17.3. The molecule has 2 rings (SSSR count). The molecule has 0 unspecified atom stereocenters. The van der Waals surface area contributed by atoms with Crippen LogP contribution in [-0.4, -0.2) is 21.8 Å². The van der Waals surface area contributed by atoms with E-state index in [0.717, 1.165) is 4.68 Å². The Morgan fingerprint density at radius 1 is 1.35 bits per heavy atom. The molecule has 0 atom stereocenters. The van der Waals surface area contributed by atoms with Gasteiger partial charge in [0.05, 0.1) is 18.2 Å². The van der Waals surface area contributed by atoms with Crippen LogP contribution in [0.1, 0.15) is 0 Å². The highest BCUT2D eigenvalue weighted by Crippen LogP contribution is 2.23. The van der Waals surface area contributed by atoms with Crippen LogP contribution in [0.25, 0.3) is 0 Å². The molecule has 1 aromatic heterocycles. The molecule has 0 radical (unpaired) electrons. The summed E-state index contributed by atoms with van der Waals surface area (Å²) in [6.07, 6.45) is 1.41. The minimum Gasteiger partial charge on any atom is -0.493 e. The van der Waals surface area contributed by atoms with E-state index in [0.29, 0.717) is 11.4 Å². The van der Waals surface area contributed by atoms with Gasteiger partial charge in [-0.2, -0.15) is 5.10 Å². The molecule has 0 bridgehead atoms. The highest BCUT2D eigenvalue weighted by molar-refractivity contribution is 5.65. The van der Waals surface area contributed by atoms with Gasteiger partial charge >= 0.3 is 0 Å². The second-order valence-electron chi connectivity index (χ2n) is 3.95. The van der Waals surface area contributed by atoms with Gasteiger partial charge in [-0.1, -0.05) is 0 Å². The molecule has 8 nitrogen and oxygen atoms in total. The molecular formula is C12H12N4O4. The van der Waals surface area contributed by atoms with Gasteiger partial charge in [-0.15, -0.1) is 0 Å². The number of rotatable bonds is 4. The average molecular weight is 276 g/mol. The Hall–Kier alpha value is -2.90. The number of aromatic nitrogens is 2. The summed E-state index contributed by atoms with van der Waals surface area (Å²) in [4.78, 5) is 22.1. The van der Waals surface area contributed by atoms with Crippen molar-refractivity contribution in [1.82, 2.24) is 9.78 Å². The van der Waals surface area contributed by atoms with Gasteiger partial charge in [0.2, 0.25) is 0 Å². The Morgan fingerprint density at radius 2 is 2.00 bits per heavy atom. The fourth-order valence-corrected chi connectivity index (χ4v) is 1.60. The van der Waals surface area contributed by atoms with Gasteiger partial charge in [0.15, 0.2) is 11.4 Å². The number of nitro groups is 1. The maximum atomic E-state index is 12.0. The van der Waals surface area contributed by atoms with E-state index < -0.39 is 4.92 Å². The largest absolute Gasteiger partial charge is 0.493 e. The van der Waals surface area contributed by atoms with Gasteiger partial charge in [0, 0.05) is 24.9 Å². The topological polar surface area (TPSA) is 99.3 Å². The summed E-state index contributed by atoms with van der Waals surface area (Å²) in [6, 6.07) is 5.72. The molecule has 8 heteroatoms. The molecule has 0 saturated heterocycles. The van der Waals surface area contributed by atoms with Crippen molar-refractivity contribution in [3.8, 4) is 5.75 Å². The van der Waals surface area contributed by atoms with E-state index in [2.05, 4.69) is 10.4 Å². The maximum absolute atomic E-state index is 12.0. The normalized spacial score (nSPS) is 10.1. The number of non-ortho nitro benzene ring substituents is 1. The molecule has 0 amide bonds. The van der Waals surface area contributed by atoms with Crippen LogP contribution >= 0.6 is 0 Å². The number of benzene rings is 1. The lowest BCUT2D eigenvalue weighted by Crippen LogP contribution is -2.22. The van der Waals surface area contributed by atoms with Crippen molar-refractivity contribution in [2.24, 2.45) is 7.05 Å². The van der Waals surface area contributed by atoms with Crippen LogP contribution in [0.3, 0.4) is 0 Å². The van der Waals surface area contributed by atoms with E-state index in [1.54, 1.807) is 0 Å². The van der Waals surface area contributed by atoms with Crippen molar-refractivity contribution >= 4 is 17.1 Å². The molecule has 0 fully saturated rings. The zero-order valence-corrected chi connectivity index (χ0v) is 10.9. The predicted octanol–water partition coefficient (Wildman–Crippen LogP) is 1.44. The number of nitrogens with one attached hydrogen (secondary N) is 1. The lowest BCUT2D eigenvalue weighted by Gasteiger charge is -2.10. The summed E-state index contributed by atoms with van der Waals surface area (Å²) < 4.78 is 6.23. The smallest absolute Gasteiger partial charge is 0.294 e.